The molecule has 6 heteroatoms. The smallest absolute Gasteiger partial charge is 0.134 e. The van der Waals surface area contributed by atoms with E-state index in [1.165, 1.54) is 0 Å². The maximum absolute atomic E-state index is 5.35. The average Bonchev–Trinajstić information content (AvgIpc) is 3.02. The second kappa shape index (κ2) is 6.38. The molecule has 0 radical (unpaired) electrons. The van der Waals surface area contributed by atoms with E-state index in [0.717, 1.165) is 51.0 Å². The van der Waals surface area contributed by atoms with Gasteiger partial charge in [0, 0.05) is 44.6 Å². The summed E-state index contributed by atoms with van der Waals surface area (Å²) in [6.07, 6.45) is 5.73. The molecule has 0 aliphatic carbocycles. The zero-order valence-electron chi connectivity index (χ0n) is 11.4. The first-order valence-corrected chi connectivity index (χ1v) is 6.91. The predicted octanol–water partition coefficient (Wildman–Crippen LogP) is 1.23. The number of hydrogen-bond donors (Lipinski definition) is 1. The van der Waals surface area contributed by atoms with E-state index in [9.17, 15) is 0 Å². The van der Waals surface area contributed by atoms with Crippen LogP contribution in [0, 0.1) is 0 Å². The van der Waals surface area contributed by atoms with Crippen molar-refractivity contribution >= 4 is 11.6 Å². The minimum atomic E-state index is 0.764. The van der Waals surface area contributed by atoms with Crippen LogP contribution in [0.4, 0.5) is 11.6 Å². The lowest BCUT2D eigenvalue weighted by molar-refractivity contribution is 0.122. The lowest BCUT2D eigenvalue weighted by Gasteiger charge is -2.27. The van der Waals surface area contributed by atoms with Crippen molar-refractivity contribution in [3.05, 3.63) is 36.9 Å². The zero-order chi connectivity index (χ0) is 13.6. The van der Waals surface area contributed by atoms with Gasteiger partial charge in [0.15, 0.2) is 0 Å². The molecule has 1 fully saturated rings. The molecule has 0 spiro atoms. The minimum Gasteiger partial charge on any atom is -0.378 e. The highest BCUT2D eigenvalue weighted by atomic mass is 16.5. The van der Waals surface area contributed by atoms with Gasteiger partial charge in [-0.05, 0) is 12.1 Å². The standard InChI is InChI=1S/C14H19N5O/c1-2-5-18(4-1)6-3-15-13-11-14(17-12-16-13)19-7-9-20-10-8-19/h1-2,4-5,11-12H,3,6-10H2,(H,15,16,17). The quantitative estimate of drug-likeness (QED) is 0.888. The first-order valence-electron chi connectivity index (χ1n) is 6.91. The van der Waals surface area contributed by atoms with Gasteiger partial charge in [-0.2, -0.15) is 0 Å². The fourth-order valence-electron chi connectivity index (χ4n) is 2.24. The molecule has 20 heavy (non-hydrogen) atoms. The third-order valence-corrected chi connectivity index (χ3v) is 3.33. The molecular weight excluding hydrogens is 254 g/mol. The summed E-state index contributed by atoms with van der Waals surface area (Å²) in [5, 5.41) is 3.33. The van der Waals surface area contributed by atoms with Crippen molar-refractivity contribution in [3.8, 4) is 0 Å². The maximum Gasteiger partial charge on any atom is 0.134 e. The van der Waals surface area contributed by atoms with Crippen LogP contribution < -0.4 is 10.2 Å². The van der Waals surface area contributed by atoms with Gasteiger partial charge in [-0.3, -0.25) is 0 Å². The van der Waals surface area contributed by atoms with Gasteiger partial charge < -0.3 is 19.5 Å². The minimum absolute atomic E-state index is 0.764. The first-order chi connectivity index (χ1) is 9.92. The number of aromatic nitrogens is 3. The van der Waals surface area contributed by atoms with Crippen molar-refractivity contribution in [3.63, 3.8) is 0 Å². The molecule has 2 aromatic rings. The molecule has 0 aromatic carbocycles. The van der Waals surface area contributed by atoms with E-state index in [-0.39, 0.29) is 0 Å². The Kier molecular flexibility index (Phi) is 4.13. The van der Waals surface area contributed by atoms with Gasteiger partial charge in [0.2, 0.25) is 0 Å². The van der Waals surface area contributed by atoms with Gasteiger partial charge in [-0.1, -0.05) is 0 Å². The molecule has 6 nitrogen and oxygen atoms in total. The molecule has 0 atom stereocenters. The van der Waals surface area contributed by atoms with E-state index in [1.807, 2.05) is 18.2 Å². The third kappa shape index (κ3) is 3.27. The largest absolute Gasteiger partial charge is 0.378 e. The molecule has 3 rings (SSSR count). The van der Waals surface area contributed by atoms with Gasteiger partial charge in [-0.15, -0.1) is 0 Å². The summed E-state index contributed by atoms with van der Waals surface area (Å²) in [4.78, 5) is 10.8. The summed E-state index contributed by atoms with van der Waals surface area (Å²) < 4.78 is 7.49. The summed E-state index contributed by atoms with van der Waals surface area (Å²) in [6, 6.07) is 6.06. The highest BCUT2D eigenvalue weighted by Crippen LogP contribution is 2.15. The Balaban J connectivity index is 1.56. The SMILES string of the molecule is c1ccn(CCNc2cc(N3CCOCC3)ncn2)c1. The van der Waals surface area contributed by atoms with E-state index in [4.69, 9.17) is 4.74 Å². The van der Waals surface area contributed by atoms with Gasteiger partial charge >= 0.3 is 0 Å². The van der Waals surface area contributed by atoms with Crippen LogP contribution in [-0.2, 0) is 11.3 Å². The molecule has 3 heterocycles. The van der Waals surface area contributed by atoms with Gasteiger partial charge in [-0.25, -0.2) is 9.97 Å². The summed E-state index contributed by atoms with van der Waals surface area (Å²) >= 11 is 0. The highest BCUT2D eigenvalue weighted by molar-refractivity contribution is 5.48. The molecule has 2 aromatic heterocycles. The number of ether oxygens (including phenoxy) is 1. The summed E-state index contributed by atoms with van der Waals surface area (Å²) in [5.74, 6) is 1.83. The number of nitrogens with zero attached hydrogens (tertiary/aromatic N) is 4. The normalized spacial score (nSPS) is 15.3. The first kappa shape index (κ1) is 12.9. The fraction of sp³-hybridized carbons (Fsp3) is 0.429. The van der Waals surface area contributed by atoms with Crippen LogP contribution in [0.25, 0.3) is 0 Å². The lowest BCUT2D eigenvalue weighted by atomic mass is 10.4. The molecule has 106 valence electrons. The van der Waals surface area contributed by atoms with Crippen molar-refractivity contribution in [1.29, 1.82) is 0 Å². The maximum atomic E-state index is 5.35. The Morgan fingerprint density at radius 1 is 1.15 bits per heavy atom. The predicted molar refractivity (Wildman–Crippen MR) is 78.0 cm³/mol. The monoisotopic (exact) mass is 273 g/mol. The van der Waals surface area contributed by atoms with Crippen molar-refractivity contribution in [2.45, 2.75) is 6.54 Å². The number of nitrogens with one attached hydrogen (secondary N) is 1. The van der Waals surface area contributed by atoms with Crippen LogP contribution >= 0.6 is 0 Å². The molecule has 0 saturated carbocycles. The molecular formula is C14H19N5O. The lowest BCUT2D eigenvalue weighted by Crippen LogP contribution is -2.36. The van der Waals surface area contributed by atoms with Gasteiger partial charge in [0.05, 0.1) is 13.2 Å². The molecule has 1 N–H and O–H groups in total. The second-order valence-corrected chi connectivity index (χ2v) is 4.71. The van der Waals surface area contributed by atoms with E-state index < -0.39 is 0 Å². The topological polar surface area (TPSA) is 55.2 Å². The van der Waals surface area contributed by atoms with Crippen LogP contribution in [-0.4, -0.2) is 47.4 Å². The Morgan fingerprint density at radius 2 is 1.95 bits per heavy atom. The van der Waals surface area contributed by atoms with E-state index in [1.54, 1.807) is 6.33 Å². The van der Waals surface area contributed by atoms with Crippen LogP contribution in [0.3, 0.4) is 0 Å². The van der Waals surface area contributed by atoms with E-state index in [0.29, 0.717) is 0 Å². The zero-order valence-corrected chi connectivity index (χ0v) is 11.4. The molecule has 1 saturated heterocycles. The Hall–Kier alpha value is -2.08. The van der Waals surface area contributed by atoms with Gasteiger partial charge in [0.25, 0.3) is 0 Å². The molecule has 1 aliphatic heterocycles. The van der Waals surface area contributed by atoms with Crippen LogP contribution in [0.5, 0.6) is 0 Å². The Labute approximate surface area is 118 Å². The summed E-state index contributed by atoms with van der Waals surface area (Å²) in [5.41, 5.74) is 0. The van der Waals surface area contributed by atoms with Gasteiger partial charge in [0.1, 0.15) is 18.0 Å². The molecule has 0 bridgehead atoms. The Bertz CT molecular complexity index is 522. The van der Waals surface area contributed by atoms with Crippen LogP contribution in [0.2, 0.25) is 0 Å². The number of morpholine rings is 1. The highest BCUT2D eigenvalue weighted by Gasteiger charge is 2.12. The van der Waals surface area contributed by atoms with E-state index >= 15 is 0 Å². The number of rotatable bonds is 5. The molecule has 1 aliphatic rings. The molecule has 0 unspecified atom stereocenters. The fourth-order valence-corrected chi connectivity index (χ4v) is 2.24. The van der Waals surface area contributed by atoms with Crippen molar-refractivity contribution in [1.82, 2.24) is 14.5 Å². The van der Waals surface area contributed by atoms with Crippen LogP contribution in [0.1, 0.15) is 0 Å². The van der Waals surface area contributed by atoms with Crippen molar-refractivity contribution in [2.75, 3.05) is 43.1 Å². The number of hydrogen-bond acceptors (Lipinski definition) is 5. The second-order valence-electron chi connectivity index (χ2n) is 4.71. The Morgan fingerprint density at radius 3 is 2.75 bits per heavy atom. The molecule has 0 amide bonds. The third-order valence-electron chi connectivity index (χ3n) is 3.33. The number of anilines is 2. The van der Waals surface area contributed by atoms with Crippen LogP contribution in [0.15, 0.2) is 36.9 Å². The van der Waals surface area contributed by atoms with Crippen molar-refractivity contribution in [2.24, 2.45) is 0 Å². The summed E-state index contributed by atoms with van der Waals surface area (Å²) in [6.45, 7) is 5.07. The average molecular weight is 273 g/mol. The van der Waals surface area contributed by atoms with E-state index in [2.05, 4.69) is 37.1 Å². The summed E-state index contributed by atoms with van der Waals surface area (Å²) in [7, 11) is 0. The van der Waals surface area contributed by atoms with Crippen molar-refractivity contribution < 1.29 is 4.74 Å².